The Kier molecular flexibility index (Phi) is 4.78. The van der Waals surface area contributed by atoms with Gasteiger partial charge in [-0.25, -0.2) is 8.42 Å². The maximum absolute atomic E-state index is 13.2. The summed E-state index contributed by atoms with van der Waals surface area (Å²) in [5.41, 5.74) is 1.17. The predicted molar refractivity (Wildman–Crippen MR) is 109 cm³/mol. The molecule has 0 aromatic heterocycles. The number of likely N-dealkylation sites (tertiary alicyclic amines) is 1. The van der Waals surface area contributed by atoms with Gasteiger partial charge in [-0.3, -0.25) is 4.79 Å². The Morgan fingerprint density at radius 1 is 1.04 bits per heavy atom. The fourth-order valence-corrected chi connectivity index (χ4v) is 5.29. The van der Waals surface area contributed by atoms with E-state index < -0.39 is 15.7 Å². The van der Waals surface area contributed by atoms with Gasteiger partial charge in [0, 0.05) is 34.5 Å². The molecule has 1 fully saturated rings. The van der Waals surface area contributed by atoms with Gasteiger partial charge in [-0.05, 0) is 55.3 Å². The summed E-state index contributed by atoms with van der Waals surface area (Å²) in [4.78, 5) is 16.1. The highest BCUT2D eigenvalue weighted by Crippen LogP contribution is 2.41. The molecule has 2 aliphatic rings. The number of fused-ring (bicyclic) bond motifs is 1. The molecule has 1 saturated heterocycles. The van der Waals surface area contributed by atoms with Crippen LogP contribution in [0, 0.1) is 0 Å². The molecule has 2 aromatic carbocycles. The molecule has 2 aromatic rings. The number of benzene rings is 2. The van der Waals surface area contributed by atoms with Crippen molar-refractivity contribution in [3.8, 4) is 0 Å². The Labute approximate surface area is 171 Å². The minimum atomic E-state index is -3.93. The molecular formula is C19H16BrClN2O3S. The van der Waals surface area contributed by atoms with Crippen molar-refractivity contribution >= 4 is 54.7 Å². The highest BCUT2D eigenvalue weighted by molar-refractivity contribution is 9.10. The molecule has 0 N–H and O–H groups in total. The molecule has 0 spiro atoms. The van der Waals surface area contributed by atoms with Crippen molar-refractivity contribution in [3.05, 3.63) is 63.1 Å². The van der Waals surface area contributed by atoms with E-state index in [0.717, 1.165) is 23.0 Å². The molecule has 8 heteroatoms. The van der Waals surface area contributed by atoms with E-state index in [0.29, 0.717) is 23.8 Å². The number of sulfone groups is 1. The topological polar surface area (TPSA) is 57.7 Å². The van der Waals surface area contributed by atoms with Crippen molar-refractivity contribution in [2.24, 2.45) is 0 Å². The Morgan fingerprint density at radius 2 is 1.70 bits per heavy atom. The average molecular weight is 468 g/mol. The van der Waals surface area contributed by atoms with Crippen molar-refractivity contribution in [1.82, 2.24) is 4.90 Å². The number of amides is 1. The third kappa shape index (κ3) is 3.28. The van der Waals surface area contributed by atoms with Crippen LogP contribution < -0.4 is 4.90 Å². The lowest BCUT2D eigenvalue weighted by atomic mass is 10.2. The number of halogens is 2. The number of rotatable bonds is 2. The second-order valence-corrected chi connectivity index (χ2v) is 9.69. The average Bonchev–Trinajstić information content (AvgIpc) is 3.17. The first-order valence-electron chi connectivity index (χ1n) is 8.48. The summed E-state index contributed by atoms with van der Waals surface area (Å²) in [5, 5.41) is 0.425. The molecule has 2 aliphatic heterocycles. The first-order chi connectivity index (χ1) is 12.9. The van der Waals surface area contributed by atoms with Gasteiger partial charge in [-0.1, -0.05) is 27.5 Å². The first-order valence-corrected chi connectivity index (χ1v) is 11.1. The van der Waals surface area contributed by atoms with E-state index in [-0.39, 0.29) is 9.80 Å². The first kappa shape index (κ1) is 18.5. The van der Waals surface area contributed by atoms with E-state index in [2.05, 4.69) is 15.9 Å². The molecule has 0 atom stereocenters. The summed E-state index contributed by atoms with van der Waals surface area (Å²) in [6, 6.07) is 12.0. The van der Waals surface area contributed by atoms with Gasteiger partial charge in [0.1, 0.15) is 0 Å². The van der Waals surface area contributed by atoms with Crippen molar-refractivity contribution in [1.29, 1.82) is 0 Å². The molecule has 0 radical (unpaired) electrons. The molecule has 2 heterocycles. The minimum absolute atomic E-state index is 0.0832. The van der Waals surface area contributed by atoms with Crippen LogP contribution in [0.15, 0.2) is 62.9 Å². The number of carbonyl (C=O) groups is 1. The van der Waals surface area contributed by atoms with Crippen molar-refractivity contribution in [2.75, 3.05) is 18.0 Å². The van der Waals surface area contributed by atoms with Gasteiger partial charge in [0.05, 0.1) is 10.6 Å². The lowest BCUT2D eigenvalue weighted by Crippen LogP contribution is -2.35. The summed E-state index contributed by atoms with van der Waals surface area (Å²) in [6.45, 7) is 1.16. The molecular weight excluding hydrogens is 452 g/mol. The maximum Gasteiger partial charge on any atom is 0.267 e. The Hall–Kier alpha value is -1.83. The number of carbonyl (C=O) groups excluding carboxylic acids is 1. The van der Waals surface area contributed by atoms with Crippen LogP contribution in [0.25, 0.3) is 0 Å². The van der Waals surface area contributed by atoms with Crippen molar-refractivity contribution < 1.29 is 13.2 Å². The number of nitrogens with zero attached hydrogens (tertiary/aromatic N) is 2. The smallest absolute Gasteiger partial charge is 0.267 e. The van der Waals surface area contributed by atoms with E-state index in [9.17, 15) is 13.2 Å². The van der Waals surface area contributed by atoms with Crippen LogP contribution in [0.2, 0.25) is 5.02 Å². The van der Waals surface area contributed by atoms with Crippen LogP contribution in [0.1, 0.15) is 12.8 Å². The SMILES string of the molecule is O=C(C1=CN(c2ccc(Br)cc2)c2cc(Cl)ccc2S1(=O)=O)N1CCCC1. The van der Waals surface area contributed by atoms with Gasteiger partial charge >= 0.3 is 0 Å². The van der Waals surface area contributed by atoms with E-state index in [4.69, 9.17) is 11.6 Å². The van der Waals surface area contributed by atoms with Crippen molar-refractivity contribution in [3.63, 3.8) is 0 Å². The van der Waals surface area contributed by atoms with Crippen LogP contribution >= 0.6 is 27.5 Å². The highest BCUT2D eigenvalue weighted by Gasteiger charge is 2.38. The Morgan fingerprint density at radius 3 is 2.37 bits per heavy atom. The molecule has 0 saturated carbocycles. The molecule has 140 valence electrons. The monoisotopic (exact) mass is 466 g/mol. The fourth-order valence-electron chi connectivity index (χ4n) is 3.34. The molecule has 0 bridgehead atoms. The Bertz CT molecular complexity index is 1050. The van der Waals surface area contributed by atoms with Gasteiger partial charge in [-0.15, -0.1) is 0 Å². The fraction of sp³-hybridized carbons (Fsp3) is 0.211. The summed E-state index contributed by atoms with van der Waals surface area (Å²) in [5.74, 6) is -0.449. The minimum Gasteiger partial charge on any atom is -0.338 e. The standard InChI is InChI=1S/C19H16BrClN2O3S/c20-13-3-6-15(7-4-13)23-12-18(19(24)22-9-1-2-10-22)27(25,26)17-8-5-14(21)11-16(17)23/h3-8,11-12H,1-2,9-10H2. The largest absolute Gasteiger partial charge is 0.338 e. The van der Waals surface area contributed by atoms with Gasteiger partial charge in [0.15, 0.2) is 4.91 Å². The van der Waals surface area contributed by atoms with Crippen LogP contribution in [0.4, 0.5) is 11.4 Å². The number of anilines is 2. The molecule has 5 nitrogen and oxygen atoms in total. The van der Waals surface area contributed by atoms with Gasteiger partial charge in [-0.2, -0.15) is 0 Å². The lowest BCUT2D eigenvalue weighted by Gasteiger charge is -2.30. The third-order valence-corrected chi connectivity index (χ3v) is 7.26. The summed E-state index contributed by atoms with van der Waals surface area (Å²) < 4.78 is 27.2. The normalized spacial score (nSPS) is 18.2. The number of hydrogen-bond donors (Lipinski definition) is 0. The van der Waals surface area contributed by atoms with Gasteiger partial charge in [0.25, 0.3) is 5.91 Å². The predicted octanol–water partition coefficient (Wildman–Crippen LogP) is 4.49. The second kappa shape index (κ2) is 6.96. The van der Waals surface area contributed by atoms with Crippen LogP contribution in [-0.2, 0) is 14.6 Å². The van der Waals surface area contributed by atoms with Crippen LogP contribution in [0.3, 0.4) is 0 Å². The second-order valence-electron chi connectivity index (χ2n) is 6.45. The van der Waals surface area contributed by atoms with Gasteiger partial charge < -0.3 is 9.80 Å². The maximum atomic E-state index is 13.2. The highest BCUT2D eigenvalue weighted by atomic mass is 79.9. The zero-order valence-electron chi connectivity index (χ0n) is 14.2. The number of hydrogen-bond acceptors (Lipinski definition) is 4. The van der Waals surface area contributed by atoms with Crippen molar-refractivity contribution in [2.45, 2.75) is 17.7 Å². The van der Waals surface area contributed by atoms with Crippen LogP contribution in [-0.4, -0.2) is 32.3 Å². The molecule has 1 amide bonds. The van der Waals surface area contributed by atoms with Gasteiger partial charge in [0.2, 0.25) is 9.84 Å². The zero-order chi connectivity index (χ0) is 19.2. The summed E-state index contributed by atoms with van der Waals surface area (Å²) in [7, 11) is -3.93. The molecule has 0 aliphatic carbocycles. The van der Waals surface area contributed by atoms with E-state index in [1.165, 1.54) is 18.3 Å². The van der Waals surface area contributed by atoms with E-state index in [1.807, 2.05) is 24.3 Å². The molecule has 27 heavy (non-hydrogen) atoms. The third-order valence-electron chi connectivity index (χ3n) is 4.71. The quantitative estimate of drug-likeness (QED) is 0.653. The Balaban J connectivity index is 1.90. The summed E-state index contributed by atoms with van der Waals surface area (Å²) in [6.07, 6.45) is 3.20. The molecule has 0 unspecified atom stereocenters. The van der Waals surface area contributed by atoms with E-state index in [1.54, 1.807) is 15.9 Å². The zero-order valence-corrected chi connectivity index (χ0v) is 17.4. The van der Waals surface area contributed by atoms with E-state index >= 15 is 0 Å². The lowest BCUT2D eigenvalue weighted by molar-refractivity contribution is -0.125. The summed E-state index contributed by atoms with van der Waals surface area (Å²) >= 11 is 9.52. The van der Waals surface area contributed by atoms with Crippen LogP contribution in [0.5, 0.6) is 0 Å². The molecule has 4 rings (SSSR count).